The van der Waals surface area contributed by atoms with Gasteiger partial charge in [-0.05, 0) is 35.7 Å². The summed E-state index contributed by atoms with van der Waals surface area (Å²) < 4.78 is 1.01. The van der Waals surface area contributed by atoms with Crippen LogP contribution in [-0.2, 0) is 0 Å². The van der Waals surface area contributed by atoms with E-state index in [0.29, 0.717) is 16.5 Å². The van der Waals surface area contributed by atoms with Crippen LogP contribution in [0.3, 0.4) is 0 Å². The number of rotatable bonds is 5. The third-order valence-electron chi connectivity index (χ3n) is 3.94. The predicted octanol–water partition coefficient (Wildman–Crippen LogP) is 6.67. The Morgan fingerprint density at radius 2 is 2.00 bits per heavy atom. The third kappa shape index (κ3) is 4.40. The van der Waals surface area contributed by atoms with Crippen molar-refractivity contribution in [2.24, 2.45) is 0 Å². The van der Waals surface area contributed by atoms with Crippen molar-refractivity contribution in [1.29, 1.82) is 5.26 Å². The molecule has 5 heteroatoms. The Hall–Kier alpha value is -2.42. The maximum absolute atomic E-state index is 9.50. The lowest BCUT2D eigenvalue weighted by Gasteiger charge is -2.06. The molecule has 0 aliphatic heterocycles. The molecule has 2 aromatic carbocycles. The topological polar surface area (TPSA) is 48.7 Å². The number of hydrogen-bond acceptors (Lipinski definition) is 4. The second-order valence-corrected chi connectivity index (χ2v) is 7.91. The van der Waals surface area contributed by atoms with Crippen LogP contribution in [0, 0.1) is 11.3 Å². The quantitative estimate of drug-likeness (QED) is 0.465. The van der Waals surface area contributed by atoms with Gasteiger partial charge in [0.15, 0.2) is 0 Å². The number of nitrogens with one attached hydrogen (secondary N) is 1. The summed E-state index contributed by atoms with van der Waals surface area (Å²) in [5.74, 6) is 0.501. The van der Waals surface area contributed by atoms with Gasteiger partial charge in [-0.3, -0.25) is 0 Å². The van der Waals surface area contributed by atoms with Gasteiger partial charge in [-0.1, -0.05) is 54.0 Å². The molecular formula is C21H18BrN3S. The molecule has 130 valence electrons. The van der Waals surface area contributed by atoms with Crippen LogP contribution in [0.4, 0.5) is 5.69 Å². The van der Waals surface area contributed by atoms with Gasteiger partial charge < -0.3 is 5.32 Å². The van der Waals surface area contributed by atoms with E-state index >= 15 is 0 Å². The first-order valence-electron chi connectivity index (χ1n) is 8.25. The first-order chi connectivity index (χ1) is 12.6. The molecule has 3 nitrogen and oxygen atoms in total. The number of benzene rings is 2. The molecule has 3 aromatic rings. The van der Waals surface area contributed by atoms with Crippen LogP contribution in [0.2, 0.25) is 0 Å². The van der Waals surface area contributed by atoms with Gasteiger partial charge in [0.1, 0.15) is 16.6 Å². The fraction of sp³-hybridized carbons (Fsp3) is 0.143. The summed E-state index contributed by atoms with van der Waals surface area (Å²) in [6.45, 7) is 4.34. The number of halogens is 1. The lowest BCUT2D eigenvalue weighted by Crippen LogP contribution is -1.92. The van der Waals surface area contributed by atoms with Crippen molar-refractivity contribution in [3.63, 3.8) is 0 Å². The highest BCUT2D eigenvalue weighted by Gasteiger charge is 2.09. The van der Waals surface area contributed by atoms with Crippen molar-refractivity contribution < 1.29 is 0 Å². The van der Waals surface area contributed by atoms with Crippen LogP contribution in [0.15, 0.2) is 64.6 Å². The molecule has 0 bridgehead atoms. The minimum Gasteiger partial charge on any atom is -0.360 e. The van der Waals surface area contributed by atoms with Crippen molar-refractivity contribution in [2.45, 2.75) is 19.8 Å². The summed E-state index contributed by atoms with van der Waals surface area (Å²) in [5, 5.41) is 15.4. The molecule has 0 fully saturated rings. The van der Waals surface area contributed by atoms with Gasteiger partial charge in [0, 0.05) is 27.3 Å². The minimum absolute atomic E-state index is 0.501. The normalized spacial score (nSPS) is 11.4. The van der Waals surface area contributed by atoms with E-state index in [1.165, 1.54) is 16.9 Å². The molecule has 1 aromatic heterocycles. The summed E-state index contributed by atoms with van der Waals surface area (Å²) in [6, 6.07) is 18.5. The highest BCUT2D eigenvalue weighted by molar-refractivity contribution is 9.10. The summed E-state index contributed by atoms with van der Waals surface area (Å²) in [6.07, 6.45) is 1.72. The molecule has 0 saturated heterocycles. The summed E-state index contributed by atoms with van der Waals surface area (Å²) in [4.78, 5) is 4.61. The molecule has 0 atom stereocenters. The van der Waals surface area contributed by atoms with Crippen LogP contribution in [-0.4, -0.2) is 4.98 Å². The van der Waals surface area contributed by atoms with E-state index in [1.807, 2.05) is 41.8 Å². The van der Waals surface area contributed by atoms with Crippen molar-refractivity contribution >= 4 is 38.5 Å². The van der Waals surface area contributed by atoms with E-state index < -0.39 is 0 Å². The van der Waals surface area contributed by atoms with Crippen LogP contribution in [0.25, 0.3) is 16.8 Å². The number of hydrogen-bond donors (Lipinski definition) is 1. The zero-order valence-corrected chi connectivity index (χ0v) is 16.9. The lowest BCUT2D eigenvalue weighted by atomic mass is 10.0. The Morgan fingerprint density at radius 3 is 2.65 bits per heavy atom. The predicted molar refractivity (Wildman–Crippen MR) is 113 cm³/mol. The Morgan fingerprint density at radius 1 is 1.23 bits per heavy atom. The van der Waals surface area contributed by atoms with Crippen LogP contribution >= 0.6 is 27.3 Å². The van der Waals surface area contributed by atoms with Gasteiger partial charge in [-0.25, -0.2) is 4.98 Å². The first-order valence-corrected chi connectivity index (χ1v) is 9.92. The standard InChI is InChI=1S/C21H18BrN3S/c1-14(2)15-6-8-19(9-7-15)24-12-17(11-23)21-25-20(13-26-21)16-4-3-5-18(22)10-16/h3-10,12-14,24H,1-2H3/b17-12+. The van der Waals surface area contributed by atoms with Gasteiger partial charge in [0.05, 0.1) is 5.69 Å². The average Bonchev–Trinajstić information content (AvgIpc) is 3.13. The summed E-state index contributed by atoms with van der Waals surface area (Å²) >= 11 is 4.94. The van der Waals surface area contributed by atoms with Crippen molar-refractivity contribution in [2.75, 3.05) is 5.32 Å². The van der Waals surface area contributed by atoms with E-state index in [2.05, 4.69) is 58.3 Å². The van der Waals surface area contributed by atoms with Gasteiger partial charge >= 0.3 is 0 Å². The number of anilines is 1. The second kappa shape index (κ2) is 8.31. The molecule has 0 radical (unpaired) electrons. The number of nitriles is 1. The number of thiazole rings is 1. The SMILES string of the molecule is CC(C)c1ccc(N/C=C(\C#N)c2nc(-c3cccc(Br)c3)cs2)cc1. The molecule has 1 N–H and O–H groups in total. The molecule has 0 spiro atoms. The first kappa shape index (κ1) is 18.4. The summed E-state index contributed by atoms with van der Waals surface area (Å²) in [5.41, 5.74) is 4.65. The number of allylic oxidation sites excluding steroid dienone is 1. The van der Waals surface area contributed by atoms with Gasteiger partial charge in [-0.2, -0.15) is 5.26 Å². The molecule has 3 rings (SSSR count). The smallest absolute Gasteiger partial charge is 0.136 e. The highest BCUT2D eigenvalue weighted by atomic mass is 79.9. The van der Waals surface area contributed by atoms with Crippen molar-refractivity contribution in [3.8, 4) is 17.3 Å². The Balaban J connectivity index is 1.78. The molecule has 0 aliphatic carbocycles. The van der Waals surface area contributed by atoms with Crippen LogP contribution in [0.5, 0.6) is 0 Å². The van der Waals surface area contributed by atoms with Gasteiger partial charge in [0.2, 0.25) is 0 Å². The number of aromatic nitrogens is 1. The zero-order chi connectivity index (χ0) is 18.5. The van der Waals surface area contributed by atoms with Crippen LogP contribution < -0.4 is 5.32 Å². The molecule has 0 aliphatic rings. The maximum Gasteiger partial charge on any atom is 0.136 e. The molecular weight excluding hydrogens is 406 g/mol. The fourth-order valence-corrected chi connectivity index (χ4v) is 3.63. The molecule has 0 unspecified atom stereocenters. The molecule has 1 heterocycles. The van der Waals surface area contributed by atoms with E-state index in [0.717, 1.165) is 21.4 Å². The largest absolute Gasteiger partial charge is 0.360 e. The minimum atomic E-state index is 0.501. The van der Waals surface area contributed by atoms with E-state index in [1.54, 1.807) is 6.20 Å². The Kier molecular flexibility index (Phi) is 5.87. The zero-order valence-electron chi connectivity index (χ0n) is 14.5. The molecule has 0 amide bonds. The van der Waals surface area contributed by atoms with Crippen molar-refractivity contribution in [3.05, 3.63) is 75.2 Å². The average molecular weight is 424 g/mol. The molecule has 26 heavy (non-hydrogen) atoms. The third-order valence-corrected chi connectivity index (χ3v) is 5.30. The monoisotopic (exact) mass is 423 g/mol. The lowest BCUT2D eigenvalue weighted by molar-refractivity contribution is 0.867. The van der Waals surface area contributed by atoms with E-state index in [9.17, 15) is 5.26 Å². The second-order valence-electron chi connectivity index (χ2n) is 6.14. The molecule has 0 saturated carbocycles. The van der Waals surface area contributed by atoms with Gasteiger partial charge in [0.25, 0.3) is 0 Å². The van der Waals surface area contributed by atoms with Crippen LogP contribution in [0.1, 0.15) is 30.3 Å². The Labute approximate surface area is 166 Å². The van der Waals surface area contributed by atoms with Gasteiger partial charge in [-0.15, -0.1) is 11.3 Å². The Bertz CT molecular complexity index is 965. The summed E-state index contributed by atoms with van der Waals surface area (Å²) in [7, 11) is 0. The van der Waals surface area contributed by atoms with Crippen molar-refractivity contribution in [1.82, 2.24) is 4.98 Å². The highest BCUT2D eigenvalue weighted by Crippen LogP contribution is 2.28. The van der Waals surface area contributed by atoms with E-state index in [-0.39, 0.29) is 0 Å². The van der Waals surface area contributed by atoms with E-state index in [4.69, 9.17) is 0 Å². The fourth-order valence-electron chi connectivity index (χ4n) is 2.44. The number of nitrogens with zero attached hydrogens (tertiary/aromatic N) is 2. The maximum atomic E-state index is 9.50.